The van der Waals surface area contributed by atoms with Crippen LogP contribution in [0.1, 0.15) is 5.56 Å². The van der Waals surface area contributed by atoms with Gasteiger partial charge in [0, 0.05) is 5.02 Å². The Morgan fingerprint density at radius 3 is 2.47 bits per heavy atom. The third-order valence-corrected chi connectivity index (χ3v) is 3.47. The zero-order valence-corrected chi connectivity index (χ0v) is 10.9. The molecule has 1 rings (SSSR count). The molecular formula is C10H12ClNO4S. The summed E-state index contributed by atoms with van der Waals surface area (Å²) in [7, 11) is -3.64. The molecule has 0 atom stereocenters. The number of rotatable bonds is 4. The van der Waals surface area contributed by atoms with Crippen LogP contribution in [0, 0.1) is 6.92 Å². The molecule has 0 saturated heterocycles. The normalized spacial score (nSPS) is 11.2. The fraction of sp³-hybridized carbons (Fsp3) is 0.300. The number of aliphatic carboxylic acids is 1. The summed E-state index contributed by atoms with van der Waals surface area (Å²) < 4.78 is 23.9. The van der Waals surface area contributed by atoms with Gasteiger partial charge in [-0.05, 0) is 30.7 Å². The maximum Gasteiger partial charge on any atom is 0.324 e. The van der Waals surface area contributed by atoms with Crippen molar-refractivity contribution in [2.75, 3.05) is 17.1 Å². The van der Waals surface area contributed by atoms with Gasteiger partial charge in [-0.3, -0.25) is 9.10 Å². The van der Waals surface area contributed by atoms with E-state index in [0.29, 0.717) is 16.3 Å². The summed E-state index contributed by atoms with van der Waals surface area (Å²) in [5, 5.41) is 9.19. The van der Waals surface area contributed by atoms with Crippen LogP contribution in [0.3, 0.4) is 0 Å². The lowest BCUT2D eigenvalue weighted by molar-refractivity contribution is -0.135. The van der Waals surface area contributed by atoms with Crippen LogP contribution in [0.2, 0.25) is 5.02 Å². The maximum absolute atomic E-state index is 11.5. The SMILES string of the molecule is Cc1cc(Cl)ccc1N(CC(=O)O)S(C)(=O)=O. The lowest BCUT2D eigenvalue weighted by Crippen LogP contribution is -2.35. The molecule has 0 aliphatic rings. The minimum Gasteiger partial charge on any atom is -0.480 e. The van der Waals surface area contributed by atoms with E-state index in [1.807, 2.05) is 0 Å². The number of hydrogen-bond donors (Lipinski definition) is 1. The molecule has 0 spiro atoms. The molecule has 0 heterocycles. The van der Waals surface area contributed by atoms with E-state index >= 15 is 0 Å². The summed E-state index contributed by atoms with van der Waals surface area (Å²) in [5.74, 6) is -1.22. The van der Waals surface area contributed by atoms with Gasteiger partial charge in [0.1, 0.15) is 6.54 Å². The van der Waals surface area contributed by atoms with E-state index in [9.17, 15) is 13.2 Å². The van der Waals surface area contributed by atoms with E-state index in [1.165, 1.54) is 12.1 Å². The van der Waals surface area contributed by atoms with E-state index < -0.39 is 22.5 Å². The lowest BCUT2D eigenvalue weighted by Gasteiger charge is -2.22. The molecule has 17 heavy (non-hydrogen) atoms. The number of sulfonamides is 1. The Balaban J connectivity index is 3.27. The first kappa shape index (κ1) is 13.8. The lowest BCUT2D eigenvalue weighted by atomic mass is 10.2. The van der Waals surface area contributed by atoms with Crippen molar-refractivity contribution in [3.63, 3.8) is 0 Å². The average molecular weight is 278 g/mol. The summed E-state index contributed by atoms with van der Waals surface area (Å²) in [4.78, 5) is 10.7. The Labute approximate surface area is 105 Å². The number of benzene rings is 1. The highest BCUT2D eigenvalue weighted by molar-refractivity contribution is 7.92. The fourth-order valence-electron chi connectivity index (χ4n) is 1.40. The third kappa shape index (κ3) is 3.61. The number of carbonyl (C=O) groups is 1. The van der Waals surface area contributed by atoms with Crippen LogP contribution in [-0.4, -0.2) is 32.3 Å². The van der Waals surface area contributed by atoms with Crippen molar-refractivity contribution in [3.05, 3.63) is 28.8 Å². The summed E-state index contributed by atoms with van der Waals surface area (Å²) in [6, 6.07) is 4.59. The summed E-state index contributed by atoms with van der Waals surface area (Å²) in [6.07, 6.45) is 0.962. The molecule has 5 nitrogen and oxygen atoms in total. The predicted octanol–water partition coefficient (Wildman–Crippen LogP) is 1.50. The first-order valence-corrected chi connectivity index (χ1v) is 6.90. The van der Waals surface area contributed by atoms with Crippen molar-refractivity contribution in [2.24, 2.45) is 0 Å². The topological polar surface area (TPSA) is 74.7 Å². The number of nitrogens with zero attached hydrogens (tertiary/aromatic N) is 1. The summed E-state index contributed by atoms with van der Waals surface area (Å²) in [5.41, 5.74) is 0.920. The predicted molar refractivity (Wildman–Crippen MR) is 66.0 cm³/mol. The minimum atomic E-state index is -3.64. The fourth-order valence-corrected chi connectivity index (χ4v) is 2.54. The van der Waals surface area contributed by atoms with Gasteiger partial charge in [0.2, 0.25) is 10.0 Å². The number of anilines is 1. The van der Waals surface area contributed by atoms with Crippen LogP contribution in [0.4, 0.5) is 5.69 Å². The van der Waals surface area contributed by atoms with Crippen LogP contribution >= 0.6 is 11.6 Å². The Morgan fingerprint density at radius 1 is 1.47 bits per heavy atom. The zero-order chi connectivity index (χ0) is 13.2. The average Bonchev–Trinajstić information content (AvgIpc) is 2.13. The van der Waals surface area contributed by atoms with Crippen LogP contribution in [0.25, 0.3) is 0 Å². The van der Waals surface area contributed by atoms with Gasteiger partial charge in [-0.25, -0.2) is 8.42 Å². The molecule has 7 heteroatoms. The van der Waals surface area contributed by atoms with Crippen molar-refractivity contribution in [2.45, 2.75) is 6.92 Å². The largest absolute Gasteiger partial charge is 0.480 e. The highest BCUT2D eigenvalue weighted by Crippen LogP contribution is 2.25. The molecule has 0 fully saturated rings. The molecule has 1 N–H and O–H groups in total. The molecule has 0 unspecified atom stereocenters. The van der Waals surface area contributed by atoms with Gasteiger partial charge in [-0.2, -0.15) is 0 Å². The van der Waals surface area contributed by atoms with Crippen molar-refractivity contribution >= 4 is 33.3 Å². The summed E-state index contributed by atoms with van der Waals surface area (Å²) >= 11 is 5.76. The molecule has 0 radical (unpaired) electrons. The molecular weight excluding hydrogens is 266 g/mol. The Hall–Kier alpha value is -1.27. The van der Waals surface area contributed by atoms with Gasteiger partial charge in [-0.1, -0.05) is 11.6 Å². The standard InChI is InChI=1S/C10H12ClNO4S/c1-7-5-8(11)3-4-9(7)12(6-10(13)14)17(2,15)16/h3-5H,6H2,1-2H3,(H,13,14). The second-order valence-corrected chi connectivity index (χ2v) is 5.94. The van der Waals surface area contributed by atoms with E-state index in [0.717, 1.165) is 10.6 Å². The van der Waals surface area contributed by atoms with Crippen LogP contribution in [-0.2, 0) is 14.8 Å². The Morgan fingerprint density at radius 2 is 2.06 bits per heavy atom. The van der Waals surface area contributed by atoms with Gasteiger partial charge >= 0.3 is 5.97 Å². The number of halogens is 1. The molecule has 1 aromatic carbocycles. The van der Waals surface area contributed by atoms with Crippen LogP contribution < -0.4 is 4.31 Å². The second-order valence-electron chi connectivity index (χ2n) is 3.59. The van der Waals surface area contributed by atoms with Gasteiger partial charge < -0.3 is 5.11 Å². The number of aryl methyl sites for hydroxylation is 1. The molecule has 94 valence electrons. The van der Waals surface area contributed by atoms with Crippen molar-refractivity contribution in [1.82, 2.24) is 0 Å². The number of hydrogen-bond acceptors (Lipinski definition) is 3. The van der Waals surface area contributed by atoms with Gasteiger partial charge in [0.25, 0.3) is 0 Å². The van der Waals surface area contributed by atoms with Gasteiger partial charge in [-0.15, -0.1) is 0 Å². The van der Waals surface area contributed by atoms with Crippen LogP contribution in [0.5, 0.6) is 0 Å². The van der Waals surface area contributed by atoms with Gasteiger partial charge in [0.15, 0.2) is 0 Å². The number of carboxylic acids is 1. The van der Waals surface area contributed by atoms with E-state index in [2.05, 4.69) is 0 Å². The van der Waals surface area contributed by atoms with Crippen molar-refractivity contribution in [1.29, 1.82) is 0 Å². The van der Waals surface area contributed by atoms with Gasteiger partial charge in [0.05, 0.1) is 11.9 Å². The second kappa shape index (κ2) is 4.93. The molecule has 0 aliphatic carbocycles. The highest BCUT2D eigenvalue weighted by Gasteiger charge is 2.21. The zero-order valence-electron chi connectivity index (χ0n) is 9.34. The van der Waals surface area contributed by atoms with E-state index in [1.54, 1.807) is 13.0 Å². The maximum atomic E-state index is 11.5. The van der Waals surface area contributed by atoms with Crippen molar-refractivity contribution in [3.8, 4) is 0 Å². The molecule has 1 aromatic rings. The highest BCUT2D eigenvalue weighted by atomic mass is 35.5. The Kier molecular flexibility index (Phi) is 4.00. The minimum absolute atomic E-state index is 0.319. The van der Waals surface area contributed by atoms with Crippen molar-refractivity contribution < 1.29 is 18.3 Å². The van der Waals surface area contributed by atoms with E-state index in [4.69, 9.17) is 16.7 Å². The van der Waals surface area contributed by atoms with E-state index in [-0.39, 0.29) is 0 Å². The van der Waals surface area contributed by atoms with Crippen LogP contribution in [0.15, 0.2) is 18.2 Å². The smallest absolute Gasteiger partial charge is 0.324 e. The molecule has 0 amide bonds. The quantitative estimate of drug-likeness (QED) is 0.905. The molecule has 0 saturated carbocycles. The molecule has 0 aromatic heterocycles. The molecule has 0 bridgehead atoms. The Bertz CT molecular complexity index is 541. The third-order valence-electron chi connectivity index (χ3n) is 2.11. The summed E-state index contributed by atoms with van der Waals surface area (Å²) in [6.45, 7) is 1.06. The first-order valence-electron chi connectivity index (χ1n) is 4.67. The molecule has 0 aliphatic heterocycles. The first-order chi connectivity index (χ1) is 7.71. The monoisotopic (exact) mass is 277 g/mol. The number of carboxylic acid groups (broad SMARTS) is 1.